The van der Waals surface area contributed by atoms with Crippen LogP contribution < -0.4 is 0 Å². The monoisotopic (exact) mass is 616 g/mol. The van der Waals surface area contributed by atoms with Gasteiger partial charge in [-0.3, -0.25) is 9.80 Å². The van der Waals surface area contributed by atoms with Crippen LogP contribution in [0.25, 0.3) is 0 Å². The molecular formula is C37H40F4N4. The molecule has 4 aromatic rings. The van der Waals surface area contributed by atoms with Crippen molar-refractivity contribution in [2.75, 3.05) is 65.4 Å². The van der Waals surface area contributed by atoms with Gasteiger partial charge in [0.1, 0.15) is 23.3 Å². The average Bonchev–Trinajstić information content (AvgIpc) is 3.06. The van der Waals surface area contributed by atoms with E-state index in [4.69, 9.17) is 0 Å². The molecule has 2 saturated heterocycles. The van der Waals surface area contributed by atoms with Crippen LogP contribution in [0.4, 0.5) is 17.6 Å². The minimum absolute atomic E-state index is 0.0432. The highest BCUT2D eigenvalue weighted by Gasteiger charge is 2.28. The van der Waals surface area contributed by atoms with E-state index in [1.807, 2.05) is 48.5 Å². The fourth-order valence-corrected chi connectivity index (χ4v) is 6.82. The highest BCUT2D eigenvalue weighted by atomic mass is 19.1. The third-order valence-electron chi connectivity index (χ3n) is 9.24. The second kappa shape index (κ2) is 14.7. The molecule has 0 bridgehead atoms. The molecule has 4 nitrogen and oxygen atoms in total. The summed E-state index contributed by atoms with van der Waals surface area (Å²) < 4.78 is 54.7. The molecule has 2 heterocycles. The first-order valence-electron chi connectivity index (χ1n) is 15.9. The van der Waals surface area contributed by atoms with Crippen LogP contribution in [0.1, 0.15) is 40.8 Å². The molecule has 4 aromatic carbocycles. The summed E-state index contributed by atoms with van der Waals surface area (Å²) >= 11 is 0. The third kappa shape index (κ3) is 8.00. The van der Waals surface area contributed by atoms with Gasteiger partial charge in [-0.05, 0) is 90.3 Å². The molecule has 236 valence electrons. The molecule has 2 fully saturated rings. The fourth-order valence-electron chi connectivity index (χ4n) is 6.82. The topological polar surface area (TPSA) is 13.0 Å². The molecule has 0 N–H and O–H groups in total. The zero-order chi connectivity index (χ0) is 31.2. The molecule has 8 heteroatoms. The van der Waals surface area contributed by atoms with Crippen LogP contribution in [0, 0.1) is 23.3 Å². The van der Waals surface area contributed by atoms with Crippen molar-refractivity contribution in [3.63, 3.8) is 0 Å². The quantitative estimate of drug-likeness (QED) is 0.183. The molecule has 0 unspecified atom stereocenters. The second-order valence-electron chi connectivity index (χ2n) is 12.1. The normalized spacial score (nSPS) is 17.4. The van der Waals surface area contributed by atoms with Gasteiger partial charge in [-0.2, -0.15) is 0 Å². The zero-order valence-electron chi connectivity index (χ0n) is 25.5. The summed E-state index contributed by atoms with van der Waals surface area (Å²) in [6.07, 6.45) is 1.08. The Bertz CT molecular complexity index is 1270. The molecule has 6 rings (SSSR count). The van der Waals surface area contributed by atoms with Crippen LogP contribution in [0.3, 0.4) is 0 Å². The van der Waals surface area contributed by atoms with Crippen LogP contribution in [0.15, 0.2) is 97.1 Å². The maximum absolute atomic E-state index is 13.7. The Kier molecular flexibility index (Phi) is 10.3. The summed E-state index contributed by atoms with van der Waals surface area (Å²) in [7, 11) is 0. The Morgan fingerprint density at radius 3 is 0.867 bits per heavy atom. The number of benzene rings is 4. The minimum Gasteiger partial charge on any atom is -0.301 e. The average molecular weight is 617 g/mol. The maximum Gasteiger partial charge on any atom is 0.123 e. The standard InChI is InChI=1S/C37H40F4N4/c38-32-10-2-28(3-11-32)36(29-4-12-33(39)13-5-29)44-24-20-42(21-25-44)18-1-19-43-22-26-45(27-23-43)37(30-6-14-34(40)15-7-30)31-8-16-35(41)17-9-31/h2-17,36-37H,1,18-27H2. The number of hydrogen-bond acceptors (Lipinski definition) is 4. The Morgan fingerprint density at radius 1 is 0.378 bits per heavy atom. The van der Waals surface area contributed by atoms with E-state index in [-0.39, 0.29) is 35.4 Å². The van der Waals surface area contributed by atoms with E-state index >= 15 is 0 Å². The van der Waals surface area contributed by atoms with E-state index in [0.717, 1.165) is 94.1 Å². The molecule has 0 aliphatic carbocycles. The lowest BCUT2D eigenvalue weighted by molar-refractivity contribution is 0.0908. The van der Waals surface area contributed by atoms with E-state index in [9.17, 15) is 17.6 Å². The van der Waals surface area contributed by atoms with Gasteiger partial charge >= 0.3 is 0 Å². The van der Waals surface area contributed by atoms with Crippen LogP contribution >= 0.6 is 0 Å². The predicted octanol–water partition coefficient (Wildman–Crippen LogP) is 6.75. The van der Waals surface area contributed by atoms with Gasteiger partial charge in [0, 0.05) is 52.4 Å². The van der Waals surface area contributed by atoms with Gasteiger partial charge in [0.15, 0.2) is 0 Å². The lowest BCUT2D eigenvalue weighted by Gasteiger charge is -2.41. The highest BCUT2D eigenvalue weighted by Crippen LogP contribution is 2.31. The summed E-state index contributed by atoms with van der Waals surface area (Å²) in [5, 5.41) is 0. The van der Waals surface area contributed by atoms with Gasteiger partial charge < -0.3 is 9.80 Å². The van der Waals surface area contributed by atoms with Gasteiger partial charge in [-0.1, -0.05) is 48.5 Å². The first-order chi connectivity index (χ1) is 21.9. The maximum atomic E-state index is 13.7. The molecule has 0 radical (unpaired) electrons. The van der Waals surface area contributed by atoms with Crippen molar-refractivity contribution >= 4 is 0 Å². The van der Waals surface area contributed by atoms with Gasteiger partial charge in [0.05, 0.1) is 12.1 Å². The van der Waals surface area contributed by atoms with E-state index in [1.54, 1.807) is 0 Å². The van der Waals surface area contributed by atoms with Gasteiger partial charge in [-0.15, -0.1) is 0 Å². The largest absolute Gasteiger partial charge is 0.301 e. The molecule has 0 saturated carbocycles. The van der Waals surface area contributed by atoms with Crippen molar-refractivity contribution in [3.8, 4) is 0 Å². The van der Waals surface area contributed by atoms with Crippen LogP contribution in [0.2, 0.25) is 0 Å². The molecule has 0 aromatic heterocycles. The summed E-state index contributed by atoms with van der Waals surface area (Å²) in [4.78, 5) is 9.85. The Balaban J connectivity index is 0.995. The van der Waals surface area contributed by atoms with Gasteiger partial charge in [0.25, 0.3) is 0 Å². The number of hydrogen-bond donors (Lipinski definition) is 0. The zero-order valence-corrected chi connectivity index (χ0v) is 25.5. The van der Waals surface area contributed by atoms with Crippen LogP contribution in [-0.2, 0) is 0 Å². The fraction of sp³-hybridized carbons (Fsp3) is 0.351. The van der Waals surface area contributed by atoms with Gasteiger partial charge in [0.2, 0.25) is 0 Å². The molecule has 2 aliphatic rings. The van der Waals surface area contributed by atoms with Crippen molar-refractivity contribution in [3.05, 3.63) is 143 Å². The Hall–Kier alpha value is -3.56. The van der Waals surface area contributed by atoms with Crippen molar-refractivity contribution in [2.24, 2.45) is 0 Å². The molecule has 45 heavy (non-hydrogen) atoms. The lowest BCUT2D eigenvalue weighted by atomic mass is 9.96. The van der Waals surface area contributed by atoms with Crippen LogP contribution in [-0.4, -0.2) is 85.0 Å². The van der Waals surface area contributed by atoms with Crippen molar-refractivity contribution in [2.45, 2.75) is 18.5 Å². The minimum atomic E-state index is -0.261. The Labute approximate surface area is 263 Å². The number of piperazine rings is 2. The lowest BCUT2D eigenvalue weighted by Crippen LogP contribution is -2.49. The van der Waals surface area contributed by atoms with Crippen molar-refractivity contribution < 1.29 is 17.6 Å². The third-order valence-corrected chi connectivity index (χ3v) is 9.24. The first-order valence-corrected chi connectivity index (χ1v) is 15.9. The number of rotatable bonds is 10. The first kappa shape index (κ1) is 31.4. The summed E-state index contributed by atoms with van der Waals surface area (Å²) in [5.41, 5.74) is 4.04. The molecule has 0 spiro atoms. The summed E-state index contributed by atoms with van der Waals surface area (Å²) in [6.45, 7) is 9.37. The molecule has 0 atom stereocenters. The predicted molar refractivity (Wildman–Crippen MR) is 170 cm³/mol. The van der Waals surface area contributed by atoms with E-state index in [0.29, 0.717) is 0 Å². The molecule has 0 amide bonds. The molecular weight excluding hydrogens is 576 g/mol. The van der Waals surface area contributed by atoms with Gasteiger partial charge in [-0.25, -0.2) is 17.6 Å². The van der Waals surface area contributed by atoms with E-state index in [1.165, 1.54) is 48.5 Å². The SMILES string of the molecule is Fc1ccc(C(c2ccc(F)cc2)N2CCN(CCCN3CCN(C(c4ccc(F)cc4)c4ccc(F)cc4)CC3)CC2)cc1. The second-order valence-corrected chi connectivity index (χ2v) is 12.1. The smallest absolute Gasteiger partial charge is 0.123 e. The number of nitrogens with zero attached hydrogens (tertiary/aromatic N) is 4. The number of halogens is 4. The molecule has 2 aliphatic heterocycles. The van der Waals surface area contributed by atoms with Crippen LogP contribution in [0.5, 0.6) is 0 Å². The Morgan fingerprint density at radius 2 is 0.622 bits per heavy atom. The summed E-state index contributed by atoms with van der Waals surface area (Å²) in [6, 6.07) is 26.5. The highest BCUT2D eigenvalue weighted by molar-refractivity contribution is 5.34. The summed E-state index contributed by atoms with van der Waals surface area (Å²) in [5.74, 6) is -1.04. The van der Waals surface area contributed by atoms with Crippen molar-refractivity contribution in [1.82, 2.24) is 19.6 Å². The van der Waals surface area contributed by atoms with E-state index in [2.05, 4.69) is 19.6 Å². The van der Waals surface area contributed by atoms with Crippen molar-refractivity contribution in [1.29, 1.82) is 0 Å². The van der Waals surface area contributed by atoms with E-state index < -0.39 is 0 Å².